The van der Waals surface area contributed by atoms with Gasteiger partial charge in [-0.3, -0.25) is 0 Å². The Labute approximate surface area is 135 Å². The molecular formula is C15H13BrN6. The normalized spacial score (nSPS) is 12.1. The maximum atomic E-state index is 9.01. The molecule has 0 saturated heterocycles. The molecule has 3 rings (SSSR count). The van der Waals surface area contributed by atoms with Gasteiger partial charge in [-0.05, 0) is 40.5 Å². The summed E-state index contributed by atoms with van der Waals surface area (Å²) in [6.45, 7) is 2.02. The molecule has 0 aliphatic heterocycles. The number of benzene rings is 1. The molecule has 2 aromatic heterocycles. The minimum atomic E-state index is -0.00138. The third kappa shape index (κ3) is 2.53. The predicted octanol–water partition coefficient (Wildman–Crippen LogP) is 3.17. The fourth-order valence-electron chi connectivity index (χ4n) is 2.32. The zero-order chi connectivity index (χ0) is 15.7. The van der Waals surface area contributed by atoms with Crippen LogP contribution in [0.2, 0.25) is 0 Å². The van der Waals surface area contributed by atoms with Gasteiger partial charge in [0.1, 0.15) is 16.7 Å². The second-order valence-corrected chi connectivity index (χ2v) is 5.69. The highest BCUT2D eigenvalue weighted by Crippen LogP contribution is 2.29. The monoisotopic (exact) mass is 356 g/mol. The molecule has 110 valence electrons. The van der Waals surface area contributed by atoms with Gasteiger partial charge in [-0.25, -0.2) is 14.6 Å². The summed E-state index contributed by atoms with van der Waals surface area (Å²) < 4.78 is 2.40. The third-order valence-corrected chi connectivity index (χ3v) is 4.00. The summed E-state index contributed by atoms with van der Waals surface area (Å²) in [5.74, 6) is 0.708. The Balaban J connectivity index is 1.98. The van der Waals surface area contributed by atoms with Crippen LogP contribution in [0.15, 0.2) is 35.2 Å². The van der Waals surface area contributed by atoms with Crippen molar-refractivity contribution in [2.45, 2.75) is 13.0 Å². The van der Waals surface area contributed by atoms with Gasteiger partial charge in [0.15, 0.2) is 5.65 Å². The summed E-state index contributed by atoms with van der Waals surface area (Å²) in [4.78, 5) is 8.56. The predicted molar refractivity (Wildman–Crippen MR) is 87.2 cm³/mol. The Bertz CT molecular complexity index is 879. The molecule has 2 heterocycles. The van der Waals surface area contributed by atoms with Gasteiger partial charge in [0.2, 0.25) is 0 Å². The van der Waals surface area contributed by atoms with Crippen molar-refractivity contribution in [2.24, 2.45) is 7.05 Å². The van der Waals surface area contributed by atoms with Crippen LogP contribution in [-0.4, -0.2) is 19.7 Å². The van der Waals surface area contributed by atoms with Crippen molar-refractivity contribution in [2.75, 3.05) is 5.32 Å². The number of hydrogen-bond acceptors (Lipinski definition) is 5. The molecule has 0 saturated carbocycles. The van der Waals surface area contributed by atoms with Crippen LogP contribution in [0.4, 0.5) is 5.82 Å². The zero-order valence-electron chi connectivity index (χ0n) is 12.1. The van der Waals surface area contributed by atoms with E-state index in [1.165, 1.54) is 6.33 Å². The first-order valence-electron chi connectivity index (χ1n) is 6.70. The van der Waals surface area contributed by atoms with E-state index in [0.717, 1.165) is 16.6 Å². The van der Waals surface area contributed by atoms with Gasteiger partial charge in [-0.2, -0.15) is 10.4 Å². The summed E-state index contributed by atoms with van der Waals surface area (Å²) in [5.41, 5.74) is 2.41. The van der Waals surface area contributed by atoms with E-state index in [1.54, 1.807) is 10.7 Å². The third-order valence-electron chi connectivity index (χ3n) is 3.45. The van der Waals surface area contributed by atoms with Crippen molar-refractivity contribution in [3.63, 3.8) is 0 Å². The van der Waals surface area contributed by atoms with E-state index in [4.69, 9.17) is 5.26 Å². The number of aryl methyl sites for hydroxylation is 1. The van der Waals surface area contributed by atoms with E-state index in [0.29, 0.717) is 16.0 Å². The molecule has 1 atom stereocenters. The molecule has 0 amide bonds. The smallest absolute Gasteiger partial charge is 0.164 e. The van der Waals surface area contributed by atoms with Crippen LogP contribution in [0.25, 0.3) is 11.0 Å². The number of nitrogens with zero attached hydrogens (tertiary/aromatic N) is 5. The largest absolute Gasteiger partial charge is 0.363 e. The number of aromatic nitrogens is 4. The van der Waals surface area contributed by atoms with Crippen LogP contribution >= 0.6 is 15.9 Å². The second kappa shape index (κ2) is 5.73. The summed E-state index contributed by atoms with van der Waals surface area (Å²) in [6.07, 6.45) is 1.51. The highest BCUT2D eigenvalue weighted by atomic mass is 79.9. The molecule has 1 unspecified atom stereocenters. The van der Waals surface area contributed by atoms with Crippen LogP contribution in [-0.2, 0) is 7.05 Å². The molecule has 7 heteroatoms. The van der Waals surface area contributed by atoms with Crippen molar-refractivity contribution < 1.29 is 0 Å². The lowest BCUT2D eigenvalue weighted by Gasteiger charge is -2.15. The van der Waals surface area contributed by atoms with Crippen LogP contribution in [0.3, 0.4) is 0 Å². The van der Waals surface area contributed by atoms with Crippen LogP contribution in [0, 0.1) is 11.3 Å². The van der Waals surface area contributed by atoms with Gasteiger partial charge in [0.25, 0.3) is 0 Å². The van der Waals surface area contributed by atoms with Crippen LogP contribution in [0.1, 0.15) is 24.1 Å². The van der Waals surface area contributed by atoms with E-state index >= 15 is 0 Å². The Hall–Kier alpha value is -2.46. The minimum Gasteiger partial charge on any atom is -0.363 e. The summed E-state index contributed by atoms with van der Waals surface area (Å²) in [7, 11) is 1.84. The van der Waals surface area contributed by atoms with Gasteiger partial charge in [0, 0.05) is 7.05 Å². The highest BCUT2D eigenvalue weighted by Gasteiger charge is 2.15. The standard InChI is InChI=1S/C15H13BrN6/c1-9(11-5-3-4-10(6-11)7-17)20-14-12-13(16)21-22(2)15(12)19-8-18-14/h3-6,8-9H,1-2H3,(H,18,19,20). The highest BCUT2D eigenvalue weighted by molar-refractivity contribution is 9.10. The Kier molecular flexibility index (Phi) is 3.77. The van der Waals surface area contributed by atoms with Gasteiger partial charge >= 0.3 is 0 Å². The van der Waals surface area contributed by atoms with Gasteiger partial charge in [0.05, 0.1) is 23.1 Å². The molecule has 0 radical (unpaired) electrons. The van der Waals surface area contributed by atoms with Crippen LogP contribution in [0.5, 0.6) is 0 Å². The second-order valence-electron chi connectivity index (χ2n) is 4.94. The van der Waals surface area contributed by atoms with Crippen molar-refractivity contribution in [3.05, 3.63) is 46.3 Å². The molecule has 22 heavy (non-hydrogen) atoms. The van der Waals surface area contributed by atoms with Gasteiger partial charge < -0.3 is 5.32 Å². The average molecular weight is 357 g/mol. The number of hydrogen-bond donors (Lipinski definition) is 1. The molecule has 0 fully saturated rings. The van der Waals surface area contributed by atoms with E-state index in [1.807, 2.05) is 32.2 Å². The van der Waals surface area contributed by atoms with E-state index in [9.17, 15) is 0 Å². The number of fused-ring (bicyclic) bond motifs is 1. The maximum Gasteiger partial charge on any atom is 0.164 e. The van der Waals surface area contributed by atoms with E-state index in [2.05, 4.69) is 42.4 Å². The maximum absolute atomic E-state index is 9.01. The molecule has 3 aromatic rings. The zero-order valence-corrected chi connectivity index (χ0v) is 13.7. The lowest BCUT2D eigenvalue weighted by atomic mass is 10.1. The number of halogens is 1. The number of nitrogens with one attached hydrogen (secondary N) is 1. The Morgan fingerprint density at radius 2 is 2.18 bits per heavy atom. The van der Waals surface area contributed by atoms with Gasteiger partial charge in [-0.15, -0.1) is 0 Å². The summed E-state index contributed by atoms with van der Waals surface area (Å²) in [6, 6.07) is 9.67. The number of rotatable bonds is 3. The van der Waals surface area contributed by atoms with E-state index < -0.39 is 0 Å². The Morgan fingerprint density at radius 3 is 2.95 bits per heavy atom. The minimum absolute atomic E-state index is 0.00138. The first kappa shape index (κ1) is 14.5. The van der Waals surface area contributed by atoms with Crippen molar-refractivity contribution >= 4 is 32.8 Å². The molecule has 1 aromatic carbocycles. The molecule has 0 spiro atoms. The molecular weight excluding hydrogens is 344 g/mol. The Morgan fingerprint density at radius 1 is 1.36 bits per heavy atom. The fraction of sp³-hybridized carbons (Fsp3) is 0.200. The molecule has 0 bridgehead atoms. The first-order valence-corrected chi connectivity index (χ1v) is 7.49. The molecule has 6 nitrogen and oxygen atoms in total. The SMILES string of the molecule is CC(Nc1ncnc2c1c(Br)nn2C)c1cccc(C#N)c1. The van der Waals surface area contributed by atoms with Crippen molar-refractivity contribution in [1.29, 1.82) is 5.26 Å². The quantitative estimate of drug-likeness (QED) is 0.779. The fourth-order valence-corrected chi connectivity index (χ4v) is 2.92. The molecule has 1 N–H and O–H groups in total. The van der Waals surface area contributed by atoms with E-state index in [-0.39, 0.29) is 6.04 Å². The van der Waals surface area contributed by atoms with Gasteiger partial charge in [-0.1, -0.05) is 12.1 Å². The topological polar surface area (TPSA) is 79.4 Å². The summed E-state index contributed by atoms with van der Waals surface area (Å²) in [5, 5.41) is 17.5. The number of nitriles is 1. The van der Waals surface area contributed by atoms with Crippen LogP contribution < -0.4 is 5.32 Å². The average Bonchev–Trinajstić information content (AvgIpc) is 2.83. The molecule has 0 aliphatic rings. The van der Waals surface area contributed by atoms with Crippen molar-refractivity contribution in [3.8, 4) is 6.07 Å². The number of anilines is 1. The first-order chi connectivity index (χ1) is 10.6. The van der Waals surface area contributed by atoms with Crippen molar-refractivity contribution in [1.82, 2.24) is 19.7 Å². The summed E-state index contributed by atoms with van der Waals surface area (Å²) >= 11 is 3.44. The lowest BCUT2D eigenvalue weighted by molar-refractivity contribution is 0.777. The lowest BCUT2D eigenvalue weighted by Crippen LogP contribution is -2.09. The molecule has 0 aliphatic carbocycles.